The first-order valence-electron chi connectivity index (χ1n) is 6.44. The Morgan fingerprint density at radius 3 is 2.58 bits per heavy atom. The third-order valence-electron chi connectivity index (χ3n) is 3.21. The van der Waals surface area contributed by atoms with E-state index in [1.807, 2.05) is 18.2 Å². The van der Waals surface area contributed by atoms with Gasteiger partial charge in [0.2, 0.25) is 0 Å². The molecule has 0 fully saturated rings. The van der Waals surface area contributed by atoms with E-state index >= 15 is 0 Å². The van der Waals surface area contributed by atoms with E-state index in [4.69, 9.17) is 26.8 Å². The number of hydrogen-bond acceptors (Lipinski definition) is 4. The second-order valence-electron chi connectivity index (χ2n) is 4.27. The average Bonchev–Trinajstić information content (AvgIpc) is 2.43. The highest BCUT2D eigenvalue weighted by Gasteiger charge is 2.18. The van der Waals surface area contributed by atoms with E-state index in [-0.39, 0.29) is 6.04 Å². The van der Waals surface area contributed by atoms with E-state index in [0.717, 1.165) is 18.7 Å². The Hall–Kier alpha value is -0.810. The monoisotopic (exact) mass is 286 g/mol. The summed E-state index contributed by atoms with van der Waals surface area (Å²) in [6.07, 6.45) is 0. The molecule has 1 rings (SSSR count). The Morgan fingerprint density at radius 1 is 1.37 bits per heavy atom. The lowest BCUT2D eigenvalue weighted by molar-refractivity contribution is 0.125. The van der Waals surface area contributed by atoms with Gasteiger partial charge in [-0.25, -0.2) is 0 Å². The number of benzene rings is 1. The molecule has 1 aromatic carbocycles. The molecule has 1 atom stereocenters. The largest absolute Gasteiger partial charge is 0.495 e. The van der Waals surface area contributed by atoms with Gasteiger partial charge in [-0.2, -0.15) is 0 Å². The molecule has 4 nitrogen and oxygen atoms in total. The molecule has 0 spiro atoms. The Labute approximate surface area is 120 Å². The van der Waals surface area contributed by atoms with Crippen LogP contribution in [0.2, 0.25) is 5.02 Å². The van der Waals surface area contributed by atoms with Crippen LogP contribution in [0.4, 0.5) is 0 Å². The number of hydrogen-bond donors (Lipinski definition) is 1. The van der Waals surface area contributed by atoms with Crippen molar-refractivity contribution in [1.82, 2.24) is 4.90 Å². The summed E-state index contributed by atoms with van der Waals surface area (Å²) in [4.78, 5) is 2.28. The van der Waals surface area contributed by atoms with Gasteiger partial charge in [-0.05, 0) is 24.2 Å². The van der Waals surface area contributed by atoms with Gasteiger partial charge in [0.25, 0.3) is 0 Å². The Balaban J connectivity index is 2.91. The zero-order valence-electron chi connectivity index (χ0n) is 11.9. The minimum atomic E-state index is 0.142. The standard InChI is InChI=1S/C14H23ClN2O2/c1-4-17(7-8-18-2)13(10-16)11-5-6-14(19-3)12(15)9-11/h5-6,9,13H,4,7-8,10,16H2,1-3H3. The normalized spacial score (nSPS) is 12.7. The van der Waals surface area contributed by atoms with Crippen LogP contribution < -0.4 is 10.5 Å². The molecule has 0 aliphatic carbocycles. The number of likely N-dealkylation sites (N-methyl/N-ethyl adjacent to an activating group) is 1. The summed E-state index contributed by atoms with van der Waals surface area (Å²) >= 11 is 6.17. The molecule has 5 heteroatoms. The molecule has 0 saturated carbocycles. The molecule has 108 valence electrons. The Morgan fingerprint density at radius 2 is 2.11 bits per heavy atom. The van der Waals surface area contributed by atoms with Crippen molar-refractivity contribution in [1.29, 1.82) is 0 Å². The predicted octanol–water partition coefficient (Wildman–Crippen LogP) is 2.32. The zero-order valence-corrected chi connectivity index (χ0v) is 12.6. The van der Waals surface area contributed by atoms with Crippen LogP contribution in [0.1, 0.15) is 18.5 Å². The predicted molar refractivity (Wildman–Crippen MR) is 78.9 cm³/mol. The maximum Gasteiger partial charge on any atom is 0.137 e. The van der Waals surface area contributed by atoms with Crippen molar-refractivity contribution in [2.75, 3.05) is 40.5 Å². The summed E-state index contributed by atoms with van der Waals surface area (Å²) in [5.41, 5.74) is 7.02. The first-order chi connectivity index (χ1) is 9.17. The summed E-state index contributed by atoms with van der Waals surface area (Å²) in [5, 5.41) is 0.612. The minimum Gasteiger partial charge on any atom is -0.495 e. The summed E-state index contributed by atoms with van der Waals surface area (Å²) in [6, 6.07) is 5.96. The van der Waals surface area contributed by atoms with Gasteiger partial charge >= 0.3 is 0 Å². The zero-order chi connectivity index (χ0) is 14.3. The van der Waals surface area contributed by atoms with Gasteiger partial charge in [0.1, 0.15) is 5.75 Å². The molecule has 1 unspecified atom stereocenters. The van der Waals surface area contributed by atoms with Crippen LogP contribution in [-0.2, 0) is 4.74 Å². The number of halogens is 1. The number of ether oxygens (including phenoxy) is 2. The van der Waals surface area contributed by atoms with Crippen molar-refractivity contribution < 1.29 is 9.47 Å². The fraction of sp³-hybridized carbons (Fsp3) is 0.571. The van der Waals surface area contributed by atoms with Crippen molar-refractivity contribution in [2.24, 2.45) is 5.73 Å². The molecule has 0 saturated heterocycles. The van der Waals surface area contributed by atoms with Crippen LogP contribution in [0.5, 0.6) is 5.75 Å². The molecular formula is C14H23ClN2O2. The van der Waals surface area contributed by atoms with Gasteiger partial charge in [-0.15, -0.1) is 0 Å². The van der Waals surface area contributed by atoms with Crippen molar-refractivity contribution in [2.45, 2.75) is 13.0 Å². The molecule has 19 heavy (non-hydrogen) atoms. The molecule has 0 amide bonds. The highest BCUT2D eigenvalue weighted by molar-refractivity contribution is 6.32. The van der Waals surface area contributed by atoms with Crippen molar-refractivity contribution >= 4 is 11.6 Å². The molecule has 0 radical (unpaired) electrons. The molecule has 0 bridgehead atoms. The number of nitrogens with zero attached hydrogens (tertiary/aromatic N) is 1. The number of rotatable bonds is 8. The Kier molecular flexibility index (Phi) is 7.16. The minimum absolute atomic E-state index is 0.142. The summed E-state index contributed by atoms with van der Waals surface area (Å²) in [5.74, 6) is 0.682. The molecule has 0 aliphatic rings. The molecule has 0 heterocycles. The average molecular weight is 287 g/mol. The second-order valence-corrected chi connectivity index (χ2v) is 4.67. The third-order valence-corrected chi connectivity index (χ3v) is 3.51. The molecular weight excluding hydrogens is 264 g/mol. The second kappa shape index (κ2) is 8.38. The van der Waals surface area contributed by atoms with E-state index in [1.165, 1.54) is 0 Å². The van der Waals surface area contributed by atoms with Crippen LogP contribution in [0, 0.1) is 0 Å². The molecule has 0 aromatic heterocycles. The molecule has 1 aromatic rings. The van der Waals surface area contributed by atoms with Crippen LogP contribution in [0.15, 0.2) is 18.2 Å². The summed E-state index contributed by atoms with van der Waals surface area (Å²) in [6.45, 7) is 5.10. The number of nitrogens with two attached hydrogens (primary N) is 1. The lowest BCUT2D eigenvalue weighted by atomic mass is 10.0. The van der Waals surface area contributed by atoms with Crippen LogP contribution in [0.3, 0.4) is 0 Å². The first kappa shape index (κ1) is 16.2. The van der Waals surface area contributed by atoms with E-state index < -0.39 is 0 Å². The van der Waals surface area contributed by atoms with Crippen LogP contribution in [-0.4, -0.2) is 45.4 Å². The van der Waals surface area contributed by atoms with Crippen molar-refractivity contribution in [3.05, 3.63) is 28.8 Å². The highest BCUT2D eigenvalue weighted by atomic mass is 35.5. The number of methoxy groups -OCH3 is 2. The van der Waals surface area contributed by atoms with Gasteiger partial charge < -0.3 is 15.2 Å². The summed E-state index contributed by atoms with van der Waals surface area (Å²) in [7, 11) is 3.31. The van der Waals surface area contributed by atoms with E-state index in [0.29, 0.717) is 23.9 Å². The highest BCUT2D eigenvalue weighted by Crippen LogP contribution is 2.29. The van der Waals surface area contributed by atoms with E-state index in [1.54, 1.807) is 14.2 Å². The van der Waals surface area contributed by atoms with Gasteiger partial charge in [0.05, 0.1) is 18.7 Å². The quantitative estimate of drug-likeness (QED) is 0.797. The molecule has 2 N–H and O–H groups in total. The van der Waals surface area contributed by atoms with E-state index in [2.05, 4.69) is 11.8 Å². The van der Waals surface area contributed by atoms with Crippen LogP contribution >= 0.6 is 11.6 Å². The van der Waals surface area contributed by atoms with Gasteiger partial charge in [-0.3, -0.25) is 4.90 Å². The van der Waals surface area contributed by atoms with E-state index in [9.17, 15) is 0 Å². The van der Waals surface area contributed by atoms with Gasteiger partial charge in [-0.1, -0.05) is 24.6 Å². The fourth-order valence-electron chi connectivity index (χ4n) is 2.13. The summed E-state index contributed by atoms with van der Waals surface area (Å²) < 4.78 is 10.3. The van der Waals surface area contributed by atoms with Crippen LogP contribution in [0.25, 0.3) is 0 Å². The van der Waals surface area contributed by atoms with Crippen molar-refractivity contribution in [3.8, 4) is 5.75 Å². The third kappa shape index (κ3) is 4.35. The Bertz CT molecular complexity index is 388. The van der Waals surface area contributed by atoms with Gasteiger partial charge in [0.15, 0.2) is 0 Å². The smallest absolute Gasteiger partial charge is 0.137 e. The fourth-order valence-corrected chi connectivity index (χ4v) is 2.39. The lowest BCUT2D eigenvalue weighted by Gasteiger charge is -2.30. The maximum absolute atomic E-state index is 6.17. The lowest BCUT2D eigenvalue weighted by Crippen LogP contribution is -2.36. The molecule has 0 aliphatic heterocycles. The van der Waals surface area contributed by atoms with Gasteiger partial charge in [0, 0.05) is 26.2 Å². The SMILES string of the molecule is CCN(CCOC)C(CN)c1ccc(OC)c(Cl)c1. The van der Waals surface area contributed by atoms with Crippen molar-refractivity contribution in [3.63, 3.8) is 0 Å². The topological polar surface area (TPSA) is 47.7 Å². The maximum atomic E-state index is 6.17. The first-order valence-corrected chi connectivity index (χ1v) is 6.82.